The Morgan fingerprint density at radius 3 is 2.31 bits per heavy atom. The maximum Gasteiger partial charge on any atom is 0.408 e. The normalized spacial score (nSPS) is 14.0. The number of ether oxygens (including phenoxy) is 1. The van der Waals surface area contributed by atoms with Gasteiger partial charge in [0.1, 0.15) is 17.7 Å². The number of alkyl carbamates (subject to hydrolysis) is 1. The summed E-state index contributed by atoms with van der Waals surface area (Å²) < 4.78 is 5.41. The molecule has 0 fully saturated rings. The summed E-state index contributed by atoms with van der Waals surface area (Å²) in [5.74, 6) is -0.780. The molecule has 1 aromatic carbocycles. The van der Waals surface area contributed by atoms with Crippen molar-refractivity contribution in [3.8, 4) is 0 Å². The van der Waals surface area contributed by atoms with E-state index in [0.717, 1.165) is 18.4 Å². The molecule has 3 atom stereocenters. The zero-order chi connectivity index (χ0) is 26.8. The predicted molar refractivity (Wildman–Crippen MR) is 142 cm³/mol. The molecular weight excluding hydrogens is 442 g/mol. The van der Waals surface area contributed by atoms with Crippen molar-refractivity contribution >= 4 is 24.0 Å². The molecule has 2 N–H and O–H groups in total. The van der Waals surface area contributed by atoms with Crippen LogP contribution in [-0.2, 0) is 14.3 Å². The molecule has 0 radical (unpaired) electrons. The first-order valence-electron chi connectivity index (χ1n) is 12.7. The monoisotopic (exact) mass is 487 g/mol. The lowest BCUT2D eigenvalue weighted by atomic mass is 9.95. The molecular formula is C28H45N3O4. The van der Waals surface area contributed by atoms with Crippen molar-refractivity contribution in [2.75, 3.05) is 6.54 Å². The van der Waals surface area contributed by atoms with Crippen molar-refractivity contribution in [1.29, 1.82) is 0 Å². The second kappa shape index (κ2) is 13.9. The highest BCUT2D eigenvalue weighted by Gasteiger charge is 2.39. The number of carbonyl (C=O) groups is 3. The Hall–Kier alpha value is -2.83. The van der Waals surface area contributed by atoms with Gasteiger partial charge in [-0.05, 0) is 63.6 Å². The van der Waals surface area contributed by atoms with Crippen LogP contribution in [0.25, 0.3) is 6.08 Å². The molecule has 1 rings (SSSR count). The molecule has 0 spiro atoms. The predicted octanol–water partition coefficient (Wildman–Crippen LogP) is 5.46. The van der Waals surface area contributed by atoms with E-state index in [2.05, 4.69) is 24.1 Å². The molecule has 35 heavy (non-hydrogen) atoms. The van der Waals surface area contributed by atoms with Gasteiger partial charge in [0, 0.05) is 12.6 Å². The van der Waals surface area contributed by atoms with Crippen LogP contribution in [0, 0.1) is 5.92 Å². The highest BCUT2D eigenvalue weighted by molar-refractivity contribution is 5.92. The van der Waals surface area contributed by atoms with Gasteiger partial charge in [0.2, 0.25) is 11.8 Å². The maximum absolute atomic E-state index is 14.0. The zero-order valence-corrected chi connectivity index (χ0v) is 22.8. The largest absolute Gasteiger partial charge is 0.444 e. The SMILES string of the molecule is C=Cc1cccc(C(C(=O)NCCCC)N(C(=O)C(NC(=O)OC(C)(C)C)C(C)C)C(C)CC)c1. The second-order valence-corrected chi connectivity index (χ2v) is 10.3. The Labute approximate surface area is 211 Å². The van der Waals surface area contributed by atoms with Crippen LogP contribution >= 0.6 is 0 Å². The van der Waals surface area contributed by atoms with Gasteiger partial charge in [-0.15, -0.1) is 0 Å². The van der Waals surface area contributed by atoms with Crippen molar-refractivity contribution in [3.63, 3.8) is 0 Å². The molecule has 0 saturated heterocycles. The summed E-state index contributed by atoms with van der Waals surface area (Å²) >= 11 is 0. The minimum absolute atomic E-state index is 0.218. The molecule has 7 heteroatoms. The van der Waals surface area contributed by atoms with Gasteiger partial charge in [0.15, 0.2) is 0 Å². The topological polar surface area (TPSA) is 87.7 Å². The third-order valence-corrected chi connectivity index (χ3v) is 5.74. The third kappa shape index (κ3) is 9.38. The van der Waals surface area contributed by atoms with Crippen molar-refractivity contribution in [2.45, 2.75) is 98.4 Å². The Bertz CT molecular complexity index is 860. The number of hydrogen-bond acceptors (Lipinski definition) is 4. The first kappa shape index (κ1) is 30.2. The maximum atomic E-state index is 14.0. The van der Waals surface area contributed by atoms with Crippen LogP contribution in [0.1, 0.15) is 91.8 Å². The van der Waals surface area contributed by atoms with E-state index >= 15 is 0 Å². The lowest BCUT2D eigenvalue weighted by Gasteiger charge is -2.39. The standard InChI is InChI=1S/C28H45N3O4/c1-10-13-17-29-25(32)24(22-16-14-15-21(12-3)18-22)31(20(6)11-2)26(33)23(19(4)5)30-27(34)35-28(7,8)9/h12,14-16,18-20,23-24H,3,10-11,13,17H2,1-2,4-9H3,(H,29,32)(H,30,34). The van der Waals surface area contributed by atoms with Crippen LogP contribution in [0.5, 0.6) is 0 Å². The number of carbonyl (C=O) groups excluding carboxylic acids is 3. The quantitative estimate of drug-likeness (QED) is 0.383. The molecule has 196 valence electrons. The van der Waals surface area contributed by atoms with Crippen molar-refractivity contribution < 1.29 is 19.1 Å². The van der Waals surface area contributed by atoms with E-state index in [1.807, 2.05) is 52.0 Å². The van der Waals surface area contributed by atoms with Crippen molar-refractivity contribution in [3.05, 3.63) is 42.0 Å². The van der Waals surface area contributed by atoms with Gasteiger partial charge >= 0.3 is 6.09 Å². The molecule has 0 aliphatic heterocycles. The minimum atomic E-state index is -0.854. The Balaban J connectivity index is 3.51. The second-order valence-electron chi connectivity index (χ2n) is 10.3. The lowest BCUT2D eigenvalue weighted by Crippen LogP contribution is -2.57. The van der Waals surface area contributed by atoms with Crippen LogP contribution in [0.3, 0.4) is 0 Å². The number of nitrogens with one attached hydrogen (secondary N) is 2. The molecule has 0 bridgehead atoms. The lowest BCUT2D eigenvalue weighted by molar-refractivity contribution is -0.146. The molecule has 0 aliphatic carbocycles. The van der Waals surface area contributed by atoms with Crippen LogP contribution in [0.4, 0.5) is 4.79 Å². The third-order valence-electron chi connectivity index (χ3n) is 5.74. The number of amides is 3. The van der Waals surface area contributed by atoms with Gasteiger partial charge < -0.3 is 20.3 Å². The highest BCUT2D eigenvalue weighted by atomic mass is 16.6. The molecule has 0 saturated carbocycles. The molecule has 7 nitrogen and oxygen atoms in total. The average molecular weight is 488 g/mol. The Morgan fingerprint density at radius 1 is 1.14 bits per heavy atom. The van der Waals surface area contributed by atoms with Gasteiger partial charge in [-0.1, -0.05) is 65.0 Å². The van der Waals surface area contributed by atoms with Gasteiger partial charge in [-0.25, -0.2) is 4.79 Å². The molecule has 3 amide bonds. The van der Waals surface area contributed by atoms with Gasteiger partial charge in [0.25, 0.3) is 0 Å². The van der Waals surface area contributed by atoms with Gasteiger partial charge in [0.05, 0.1) is 0 Å². The van der Waals surface area contributed by atoms with Crippen LogP contribution < -0.4 is 10.6 Å². The number of hydrogen-bond donors (Lipinski definition) is 2. The van der Waals surface area contributed by atoms with Crippen molar-refractivity contribution in [1.82, 2.24) is 15.5 Å². The summed E-state index contributed by atoms with van der Waals surface area (Å²) in [6.07, 6.45) is 3.48. The minimum Gasteiger partial charge on any atom is -0.444 e. The van der Waals surface area contributed by atoms with E-state index in [-0.39, 0.29) is 23.8 Å². The first-order valence-corrected chi connectivity index (χ1v) is 12.7. The summed E-state index contributed by atoms with van der Waals surface area (Å²) in [5, 5.41) is 5.76. The van der Waals surface area contributed by atoms with E-state index < -0.39 is 23.8 Å². The highest BCUT2D eigenvalue weighted by Crippen LogP contribution is 2.28. The van der Waals surface area contributed by atoms with Gasteiger partial charge in [-0.2, -0.15) is 0 Å². The fraction of sp³-hybridized carbons (Fsp3) is 0.607. The molecule has 0 aromatic heterocycles. The van der Waals surface area contributed by atoms with Crippen LogP contribution in [0.2, 0.25) is 0 Å². The molecule has 1 aromatic rings. The number of nitrogens with zero attached hydrogens (tertiary/aromatic N) is 1. The fourth-order valence-electron chi connectivity index (χ4n) is 3.68. The zero-order valence-electron chi connectivity index (χ0n) is 22.8. The smallest absolute Gasteiger partial charge is 0.408 e. The molecule has 3 unspecified atom stereocenters. The summed E-state index contributed by atoms with van der Waals surface area (Å²) in [6, 6.07) is 5.54. The Kier molecular flexibility index (Phi) is 12.0. The van der Waals surface area contributed by atoms with E-state index in [1.54, 1.807) is 31.7 Å². The summed E-state index contributed by atoms with van der Waals surface area (Å²) in [6.45, 7) is 19.4. The first-order chi connectivity index (χ1) is 16.4. The average Bonchev–Trinajstić information content (AvgIpc) is 2.78. The van der Waals surface area contributed by atoms with Crippen molar-refractivity contribution in [2.24, 2.45) is 5.92 Å². The van der Waals surface area contributed by atoms with E-state index in [0.29, 0.717) is 18.5 Å². The van der Waals surface area contributed by atoms with E-state index in [1.165, 1.54) is 0 Å². The number of unbranched alkanes of at least 4 members (excludes halogenated alkanes) is 1. The summed E-state index contributed by atoms with van der Waals surface area (Å²) in [7, 11) is 0. The molecule has 0 aliphatic rings. The Morgan fingerprint density at radius 2 is 1.80 bits per heavy atom. The number of rotatable bonds is 12. The molecule has 0 heterocycles. The van der Waals surface area contributed by atoms with Crippen LogP contribution in [0.15, 0.2) is 30.8 Å². The summed E-state index contributed by atoms with van der Waals surface area (Å²) in [4.78, 5) is 41.8. The summed E-state index contributed by atoms with van der Waals surface area (Å²) in [5.41, 5.74) is 0.861. The van der Waals surface area contributed by atoms with Crippen LogP contribution in [-0.4, -0.2) is 47.0 Å². The van der Waals surface area contributed by atoms with Gasteiger partial charge in [-0.3, -0.25) is 9.59 Å². The number of benzene rings is 1. The fourth-order valence-corrected chi connectivity index (χ4v) is 3.68. The van der Waals surface area contributed by atoms with E-state index in [9.17, 15) is 14.4 Å². The van der Waals surface area contributed by atoms with E-state index in [4.69, 9.17) is 4.74 Å².